The minimum Gasteiger partial charge on any atom is -0.468 e. The van der Waals surface area contributed by atoms with Crippen molar-refractivity contribution in [2.45, 2.75) is 38.3 Å². The molecule has 5 nitrogen and oxygen atoms in total. The monoisotopic (exact) mass is 254 g/mol. The van der Waals surface area contributed by atoms with Gasteiger partial charge in [-0.2, -0.15) is 0 Å². The van der Waals surface area contributed by atoms with Gasteiger partial charge in [-0.3, -0.25) is 14.9 Å². The average molecular weight is 254 g/mol. The van der Waals surface area contributed by atoms with Crippen LogP contribution in [-0.4, -0.2) is 49.1 Å². The number of carbonyl (C=O) groups is 2. The van der Waals surface area contributed by atoms with Gasteiger partial charge in [0.25, 0.3) is 0 Å². The Hall–Kier alpha value is -1.36. The van der Waals surface area contributed by atoms with E-state index < -0.39 is 18.1 Å². The van der Waals surface area contributed by atoms with Crippen LogP contribution in [0.1, 0.15) is 26.2 Å². The number of ether oxygens (including phenoxy) is 1. The van der Waals surface area contributed by atoms with Crippen LogP contribution in [0.4, 0.5) is 0 Å². The molecule has 102 valence electrons. The summed E-state index contributed by atoms with van der Waals surface area (Å²) in [7, 11) is 1.32. The Kier molecular flexibility index (Phi) is 5.85. The molecule has 1 heterocycles. The normalized spacial score (nSPS) is 18.9. The number of esters is 1. The van der Waals surface area contributed by atoms with Crippen LogP contribution in [-0.2, 0) is 14.3 Å². The highest BCUT2D eigenvalue weighted by Gasteiger charge is 2.25. The molecule has 0 bridgehead atoms. The van der Waals surface area contributed by atoms with E-state index in [1.54, 1.807) is 6.92 Å². The smallest absolute Gasteiger partial charge is 0.326 e. The van der Waals surface area contributed by atoms with Crippen LogP contribution in [0.2, 0.25) is 0 Å². The van der Waals surface area contributed by atoms with Crippen LogP contribution in [0.15, 0.2) is 12.7 Å². The van der Waals surface area contributed by atoms with Crippen LogP contribution in [0, 0.1) is 0 Å². The predicted molar refractivity (Wildman–Crippen MR) is 69.0 cm³/mol. The number of carbonyl (C=O) groups excluding carboxylic acids is 2. The number of hydrogen-bond acceptors (Lipinski definition) is 4. The fourth-order valence-electron chi connectivity index (χ4n) is 2.09. The van der Waals surface area contributed by atoms with Crippen molar-refractivity contribution in [3.8, 4) is 0 Å². The number of piperidine rings is 1. The van der Waals surface area contributed by atoms with Crippen molar-refractivity contribution in [1.29, 1.82) is 0 Å². The van der Waals surface area contributed by atoms with Crippen molar-refractivity contribution in [3.63, 3.8) is 0 Å². The van der Waals surface area contributed by atoms with E-state index in [9.17, 15) is 9.59 Å². The number of nitrogens with zero attached hydrogens (tertiary/aromatic N) is 1. The molecule has 0 spiro atoms. The Morgan fingerprint density at radius 2 is 1.94 bits per heavy atom. The molecule has 0 aliphatic carbocycles. The average Bonchev–Trinajstić information content (AvgIpc) is 2.43. The van der Waals surface area contributed by atoms with E-state index >= 15 is 0 Å². The predicted octanol–water partition coefficient (Wildman–Crippen LogP) is 0.705. The van der Waals surface area contributed by atoms with E-state index in [1.807, 2.05) is 4.90 Å². The second-order valence-corrected chi connectivity index (χ2v) is 4.51. The van der Waals surface area contributed by atoms with Crippen molar-refractivity contribution in [1.82, 2.24) is 10.2 Å². The van der Waals surface area contributed by atoms with Crippen molar-refractivity contribution in [2.24, 2.45) is 0 Å². The number of rotatable bonds is 5. The molecule has 1 N–H and O–H groups in total. The van der Waals surface area contributed by atoms with Gasteiger partial charge in [0.2, 0.25) is 5.91 Å². The first-order chi connectivity index (χ1) is 8.60. The van der Waals surface area contributed by atoms with Crippen LogP contribution < -0.4 is 5.32 Å². The molecule has 0 radical (unpaired) electrons. The fourth-order valence-corrected chi connectivity index (χ4v) is 2.09. The molecule has 18 heavy (non-hydrogen) atoms. The Morgan fingerprint density at radius 1 is 1.33 bits per heavy atom. The lowest BCUT2D eigenvalue weighted by molar-refractivity contribution is -0.142. The largest absolute Gasteiger partial charge is 0.468 e. The molecule has 1 rings (SSSR count). The van der Waals surface area contributed by atoms with Gasteiger partial charge in [0.1, 0.15) is 6.04 Å². The number of nitrogens with one attached hydrogen (secondary N) is 1. The molecule has 2 unspecified atom stereocenters. The van der Waals surface area contributed by atoms with E-state index in [1.165, 1.54) is 19.6 Å². The summed E-state index contributed by atoms with van der Waals surface area (Å²) in [6.45, 7) is 6.94. The highest BCUT2D eigenvalue weighted by Crippen LogP contribution is 2.10. The van der Waals surface area contributed by atoms with Gasteiger partial charge in [0.05, 0.1) is 13.2 Å². The van der Waals surface area contributed by atoms with Crippen LogP contribution in [0.25, 0.3) is 0 Å². The SMILES string of the molecule is C=CC(NC(C)C(=O)N1CCCCC1)C(=O)OC. The maximum Gasteiger partial charge on any atom is 0.326 e. The number of likely N-dealkylation sites (tertiary alicyclic amines) is 1. The van der Waals surface area contributed by atoms with Gasteiger partial charge in [-0.15, -0.1) is 6.58 Å². The molecule has 0 aromatic rings. The van der Waals surface area contributed by atoms with Gasteiger partial charge in [-0.05, 0) is 26.2 Å². The summed E-state index contributed by atoms with van der Waals surface area (Å²) in [6.07, 6.45) is 4.75. The van der Waals surface area contributed by atoms with Crippen molar-refractivity contribution < 1.29 is 14.3 Å². The second kappa shape index (κ2) is 7.16. The topological polar surface area (TPSA) is 58.6 Å². The van der Waals surface area contributed by atoms with Crippen LogP contribution >= 0.6 is 0 Å². The van der Waals surface area contributed by atoms with Gasteiger partial charge in [0, 0.05) is 13.1 Å². The highest BCUT2D eigenvalue weighted by atomic mass is 16.5. The molecule has 1 amide bonds. The van der Waals surface area contributed by atoms with Crippen molar-refractivity contribution >= 4 is 11.9 Å². The Balaban J connectivity index is 2.52. The summed E-state index contributed by atoms with van der Waals surface area (Å²) in [4.78, 5) is 25.4. The molecular weight excluding hydrogens is 232 g/mol. The zero-order valence-corrected chi connectivity index (χ0v) is 11.1. The van der Waals surface area contributed by atoms with E-state index in [4.69, 9.17) is 0 Å². The minimum atomic E-state index is -0.640. The summed E-state index contributed by atoms with van der Waals surface area (Å²) in [5, 5.41) is 2.93. The van der Waals surface area contributed by atoms with E-state index in [-0.39, 0.29) is 5.91 Å². The molecule has 1 aliphatic heterocycles. The Labute approximate surface area is 108 Å². The highest BCUT2D eigenvalue weighted by molar-refractivity contribution is 5.83. The third kappa shape index (κ3) is 3.84. The molecule has 0 aromatic heterocycles. The van der Waals surface area contributed by atoms with Gasteiger partial charge in [-0.1, -0.05) is 6.08 Å². The van der Waals surface area contributed by atoms with Gasteiger partial charge in [-0.25, -0.2) is 0 Å². The minimum absolute atomic E-state index is 0.0328. The third-order valence-electron chi connectivity index (χ3n) is 3.16. The quantitative estimate of drug-likeness (QED) is 0.580. The second-order valence-electron chi connectivity index (χ2n) is 4.51. The van der Waals surface area contributed by atoms with Crippen molar-refractivity contribution in [2.75, 3.05) is 20.2 Å². The molecule has 5 heteroatoms. The summed E-state index contributed by atoms with van der Waals surface area (Å²) >= 11 is 0. The lowest BCUT2D eigenvalue weighted by Gasteiger charge is -2.30. The maximum atomic E-state index is 12.1. The summed E-state index contributed by atoms with van der Waals surface area (Å²) < 4.78 is 4.63. The molecule has 0 aromatic carbocycles. The molecule has 1 aliphatic rings. The zero-order chi connectivity index (χ0) is 13.5. The first kappa shape index (κ1) is 14.7. The molecule has 1 saturated heterocycles. The van der Waals surface area contributed by atoms with Gasteiger partial charge < -0.3 is 9.64 Å². The fraction of sp³-hybridized carbons (Fsp3) is 0.692. The van der Waals surface area contributed by atoms with Crippen LogP contribution in [0.5, 0.6) is 0 Å². The van der Waals surface area contributed by atoms with Crippen LogP contribution in [0.3, 0.4) is 0 Å². The summed E-state index contributed by atoms with van der Waals surface area (Å²) in [5.41, 5.74) is 0. The molecule has 0 saturated carbocycles. The van der Waals surface area contributed by atoms with E-state index in [0.717, 1.165) is 25.9 Å². The number of hydrogen-bond donors (Lipinski definition) is 1. The number of amides is 1. The van der Waals surface area contributed by atoms with Crippen molar-refractivity contribution in [3.05, 3.63) is 12.7 Å². The van der Waals surface area contributed by atoms with E-state index in [0.29, 0.717) is 0 Å². The Morgan fingerprint density at radius 3 is 2.44 bits per heavy atom. The lowest BCUT2D eigenvalue weighted by atomic mass is 10.1. The van der Waals surface area contributed by atoms with Gasteiger partial charge >= 0.3 is 5.97 Å². The lowest BCUT2D eigenvalue weighted by Crippen LogP contribution is -2.51. The first-order valence-electron chi connectivity index (χ1n) is 6.35. The summed E-state index contributed by atoms with van der Waals surface area (Å²) in [6, 6.07) is -1.05. The Bertz CT molecular complexity index is 311. The summed E-state index contributed by atoms with van der Waals surface area (Å²) in [5.74, 6) is -0.395. The zero-order valence-electron chi connectivity index (χ0n) is 11.1. The molecular formula is C13H22N2O3. The first-order valence-corrected chi connectivity index (χ1v) is 6.35. The van der Waals surface area contributed by atoms with Gasteiger partial charge in [0.15, 0.2) is 0 Å². The van der Waals surface area contributed by atoms with E-state index in [2.05, 4.69) is 16.6 Å². The maximum absolute atomic E-state index is 12.1. The molecule has 1 fully saturated rings. The third-order valence-corrected chi connectivity index (χ3v) is 3.16. The number of methoxy groups -OCH3 is 1. The molecule has 2 atom stereocenters. The standard InChI is InChI=1S/C13H22N2O3/c1-4-11(13(17)18-3)14-10(2)12(16)15-8-6-5-7-9-15/h4,10-11,14H,1,5-9H2,2-3H3.